The second-order valence-electron chi connectivity index (χ2n) is 3.45. The summed E-state index contributed by atoms with van der Waals surface area (Å²) in [6.07, 6.45) is 0.557. The zero-order chi connectivity index (χ0) is 12.3. The van der Waals surface area contributed by atoms with E-state index in [4.69, 9.17) is 9.63 Å². The summed E-state index contributed by atoms with van der Waals surface area (Å²) in [5.74, 6) is -1.15. The molecular formula is C10H14N2O4. The van der Waals surface area contributed by atoms with Crippen LogP contribution in [0.2, 0.25) is 0 Å². The smallest absolute Gasteiger partial charge is 0.325 e. The fourth-order valence-corrected chi connectivity index (χ4v) is 1.28. The van der Waals surface area contributed by atoms with E-state index in [-0.39, 0.29) is 0 Å². The molecule has 1 aromatic heterocycles. The lowest BCUT2D eigenvalue weighted by Gasteiger charge is -2.08. The number of nitrogens with one attached hydrogen (secondary N) is 1. The van der Waals surface area contributed by atoms with Gasteiger partial charge in [0.2, 0.25) is 0 Å². The first-order valence-electron chi connectivity index (χ1n) is 4.96. The van der Waals surface area contributed by atoms with Gasteiger partial charge in [0, 0.05) is 0 Å². The van der Waals surface area contributed by atoms with Crippen molar-refractivity contribution < 1.29 is 19.2 Å². The Balaban J connectivity index is 2.88. The molecular weight excluding hydrogens is 212 g/mol. The molecule has 1 aromatic rings. The Labute approximate surface area is 92.6 Å². The van der Waals surface area contributed by atoms with Crippen molar-refractivity contribution in [2.75, 3.05) is 0 Å². The summed E-state index contributed by atoms with van der Waals surface area (Å²) >= 11 is 0. The number of carbonyl (C=O) groups excluding carboxylic acids is 1. The summed E-state index contributed by atoms with van der Waals surface area (Å²) in [5, 5.41) is 14.8. The van der Waals surface area contributed by atoms with Crippen LogP contribution in [0.5, 0.6) is 0 Å². The molecule has 0 aliphatic heterocycles. The van der Waals surface area contributed by atoms with Crippen LogP contribution in [0.1, 0.15) is 35.7 Å². The minimum atomic E-state index is -1.08. The van der Waals surface area contributed by atoms with Crippen molar-refractivity contribution in [2.24, 2.45) is 0 Å². The van der Waals surface area contributed by atoms with Crippen molar-refractivity contribution in [2.45, 2.75) is 33.2 Å². The minimum Gasteiger partial charge on any atom is -0.480 e. The number of carboxylic acids is 1. The number of hydrogen-bond donors (Lipinski definition) is 2. The molecule has 0 fully saturated rings. The summed E-state index contributed by atoms with van der Waals surface area (Å²) in [6.45, 7) is 4.86. The van der Waals surface area contributed by atoms with Crippen LogP contribution in [-0.4, -0.2) is 28.2 Å². The summed E-state index contributed by atoms with van der Waals surface area (Å²) < 4.78 is 4.89. The van der Waals surface area contributed by atoms with E-state index in [0.29, 0.717) is 23.4 Å². The van der Waals surface area contributed by atoms with Gasteiger partial charge in [-0.15, -0.1) is 0 Å². The fraction of sp³-hybridized carbons (Fsp3) is 0.500. The molecule has 1 rings (SSSR count). The molecule has 0 saturated carbocycles. The van der Waals surface area contributed by atoms with Gasteiger partial charge in [-0.25, -0.2) is 0 Å². The van der Waals surface area contributed by atoms with Gasteiger partial charge in [-0.3, -0.25) is 9.59 Å². The van der Waals surface area contributed by atoms with Gasteiger partial charge in [0.1, 0.15) is 17.4 Å². The van der Waals surface area contributed by atoms with Crippen molar-refractivity contribution in [1.82, 2.24) is 10.5 Å². The summed E-state index contributed by atoms with van der Waals surface area (Å²) in [7, 11) is 0. The molecule has 6 nitrogen and oxygen atoms in total. The van der Waals surface area contributed by atoms with Gasteiger partial charge in [-0.05, 0) is 20.3 Å². The largest absolute Gasteiger partial charge is 0.480 e. The minimum absolute atomic E-state index is 0.329. The third kappa shape index (κ3) is 2.39. The van der Waals surface area contributed by atoms with Gasteiger partial charge >= 0.3 is 5.97 Å². The number of aromatic nitrogens is 1. The average Bonchev–Trinajstić information content (AvgIpc) is 2.59. The first kappa shape index (κ1) is 12.2. The highest BCUT2D eigenvalue weighted by molar-refractivity contribution is 5.98. The molecule has 0 radical (unpaired) electrons. The zero-order valence-electron chi connectivity index (χ0n) is 9.40. The lowest BCUT2D eigenvalue weighted by molar-refractivity contribution is -0.138. The van der Waals surface area contributed by atoms with E-state index in [9.17, 15) is 9.59 Å². The normalized spacial score (nSPS) is 12.2. The number of nitrogens with zero attached hydrogens (tertiary/aromatic N) is 1. The highest BCUT2D eigenvalue weighted by Gasteiger charge is 2.22. The number of hydrogen-bond acceptors (Lipinski definition) is 4. The maximum atomic E-state index is 11.7. The Morgan fingerprint density at radius 2 is 2.19 bits per heavy atom. The van der Waals surface area contributed by atoms with Crippen molar-refractivity contribution >= 4 is 11.9 Å². The van der Waals surface area contributed by atoms with Crippen LogP contribution in [0.4, 0.5) is 0 Å². The summed E-state index contributed by atoms with van der Waals surface area (Å²) in [6, 6.07) is -0.938. The highest BCUT2D eigenvalue weighted by Crippen LogP contribution is 2.13. The van der Waals surface area contributed by atoms with Crippen LogP contribution in [0.25, 0.3) is 0 Å². The van der Waals surface area contributed by atoms with Crippen LogP contribution in [0, 0.1) is 6.92 Å². The second kappa shape index (κ2) is 4.78. The number of aliphatic carboxylic acids is 1. The maximum Gasteiger partial charge on any atom is 0.325 e. The third-order valence-corrected chi connectivity index (χ3v) is 2.21. The van der Waals surface area contributed by atoms with Crippen molar-refractivity contribution in [3.63, 3.8) is 0 Å². The molecule has 0 spiro atoms. The average molecular weight is 226 g/mol. The van der Waals surface area contributed by atoms with E-state index in [1.54, 1.807) is 6.92 Å². The Hall–Kier alpha value is -1.85. The van der Waals surface area contributed by atoms with E-state index in [1.807, 2.05) is 6.92 Å². The number of rotatable bonds is 4. The lowest BCUT2D eigenvalue weighted by Crippen LogP contribution is -2.38. The molecule has 1 unspecified atom stereocenters. The van der Waals surface area contributed by atoms with E-state index < -0.39 is 17.9 Å². The van der Waals surface area contributed by atoms with Gasteiger partial charge in [-0.1, -0.05) is 12.1 Å². The van der Waals surface area contributed by atoms with Crippen LogP contribution >= 0.6 is 0 Å². The summed E-state index contributed by atoms with van der Waals surface area (Å²) in [5.41, 5.74) is 0.864. The Kier molecular flexibility index (Phi) is 3.65. The van der Waals surface area contributed by atoms with Crippen LogP contribution in [0.3, 0.4) is 0 Å². The topological polar surface area (TPSA) is 92.4 Å². The SMILES string of the molecule is CCc1noc(C)c1C(=O)NC(C)C(=O)O. The molecule has 16 heavy (non-hydrogen) atoms. The van der Waals surface area contributed by atoms with E-state index in [0.717, 1.165) is 0 Å². The molecule has 88 valence electrons. The fourth-order valence-electron chi connectivity index (χ4n) is 1.28. The third-order valence-electron chi connectivity index (χ3n) is 2.21. The maximum absolute atomic E-state index is 11.7. The first-order valence-corrected chi connectivity index (χ1v) is 4.96. The lowest BCUT2D eigenvalue weighted by atomic mass is 10.1. The van der Waals surface area contributed by atoms with Crippen molar-refractivity contribution in [3.8, 4) is 0 Å². The summed E-state index contributed by atoms with van der Waals surface area (Å²) in [4.78, 5) is 22.3. The highest BCUT2D eigenvalue weighted by atomic mass is 16.5. The molecule has 0 aliphatic carbocycles. The van der Waals surface area contributed by atoms with E-state index >= 15 is 0 Å². The van der Waals surface area contributed by atoms with Crippen LogP contribution in [-0.2, 0) is 11.2 Å². The van der Waals surface area contributed by atoms with Gasteiger partial charge in [0.05, 0.1) is 5.69 Å². The Bertz CT molecular complexity index is 411. The molecule has 1 heterocycles. The van der Waals surface area contributed by atoms with Gasteiger partial charge in [0.15, 0.2) is 0 Å². The van der Waals surface area contributed by atoms with Crippen molar-refractivity contribution in [3.05, 3.63) is 17.0 Å². The van der Waals surface area contributed by atoms with E-state index in [1.165, 1.54) is 6.92 Å². The predicted molar refractivity (Wildman–Crippen MR) is 55.2 cm³/mol. The molecule has 2 N–H and O–H groups in total. The molecule has 0 aliphatic rings. The van der Waals surface area contributed by atoms with E-state index in [2.05, 4.69) is 10.5 Å². The van der Waals surface area contributed by atoms with Gasteiger partial charge < -0.3 is 14.9 Å². The standard InChI is InChI=1S/C10H14N2O4/c1-4-7-8(6(3)16-12-7)9(13)11-5(2)10(14)15/h5H,4H2,1-3H3,(H,11,13)(H,14,15). The number of carbonyl (C=O) groups is 2. The Morgan fingerprint density at radius 3 is 2.69 bits per heavy atom. The molecule has 0 saturated heterocycles. The number of amides is 1. The molecule has 0 aromatic carbocycles. The monoisotopic (exact) mass is 226 g/mol. The first-order chi connectivity index (χ1) is 7.47. The zero-order valence-corrected chi connectivity index (χ0v) is 9.40. The van der Waals surface area contributed by atoms with Crippen LogP contribution in [0.15, 0.2) is 4.52 Å². The molecule has 1 atom stereocenters. The molecule has 1 amide bonds. The molecule has 6 heteroatoms. The predicted octanol–water partition coefficient (Wildman–Crippen LogP) is 0.748. The van der Waals surface area contributed by atoms with Gasteiger partial charge in [-0.2, -0.15) is 0 Å². The number of carboxylic acid groups (broad SMARTS) is 1. The number of aryl methyl sites for hydroxylation is 2. The van der Waals surface area contributed by atoms with Crippen molar-refractivity contribution in [1.29, 1.82) is 0 Å². The molecule has 0 bridgehead atoms. The second-order valence-corrected chi connectivity index (χ2v) is 3.45. The van der Waals surface area contributed by atoms with Crippen LogP contribution < -0.4 is 5.32 Å². The Morgan fingerprint density at radius 1 is 1.56 bits per heavy atom. The quantitative estimate of drug-likeness (QED) is 0.790. The van der Waals surface area contributed by atoms with Gasteiger partial charge in [0.25, 0.3) is 5.91 Å².